The summed E-state index contributed by atoms with van der Waals surface area (Å²) in [5, 5.41) is 3.79. The molecule has 0 heterocycles. The Morgan fingerprint density at radius 3 is 2.29 bits per heavy atom. The van der Waals surface area contributed by atoms with Crippen LogP contribution in [-0.2, 0) is 0 Å². The monoisotopic (exact) mass is 236 g/mol. The van der Waals surface area contributed by atoms with Crippen molar-refractivity contribution in [1.29, 1.82) is 0 Å². The van der Waals surface area contributed by atoms with E-state index in [1.165, 1.54) is 77.4 Å². The van der Waals surface area contributed by atoms with Crippen molar-refractivity contribution in [3.05, 3.63) is 0 Å². The van der Waals surface area contributed by atoms with Crippen molar-refractivity contribution >= 4 is 0 Å². The molecule has 3 fully saturated rings. The molecule has 0 aromatic carbocycles. The number of rotatable bonds is 7. The van der Waals surface area contributed by atoms with Crippen LogP contribution in [0, 0.1) is 5.92 Å². The Labute approximate surface area is 106 Å². The minimum atomic E-state index is 0.839. The Morgan fingerprint density at radius 1 is 0.882 bits per heavy atom. The first-order valence-corrected chi connectivity index (χ1v) is 7.89. The van der Waals surface area contributed by atoms with E-state index in [2.05, 4.69) is 10.2 Å². The van der Waals surface area contributed by atoms with E-state index < -0.39 is 0 Å². The van der Waals surface area contributed by atoms with E-state index in [0.29, 0.717) is 0 Å². The van der Waals surface area contributed by atoms with Crippen LogP contribution in [0.3, 0.4) is 0 Å². The van der Waals surface area contributed by atoms with Gasteiger partial charge in [-0.3, -0.25) is 4.90 Å². The fourth-order valence-corrected chi connectivity index (χ4v) is 3.21. The molecule has 0 saturated heterocycles. The first-order valence-electron chi connectivity index (χ1n) is 7.89. The average Bonchev–Trinajstić information content (AvgIpc) is 3.23. The van der Waals surface area contributed by atoms with Crippen LogP contribution in [0.4, 0.5) is 0 Å². The third-order valence-electron chi connectivity index (χ3n) is 4.69. The maximum Gasteiger partial charge on any atom is 0.0110 e. The van der Waals surface area contributed by atoms with Gasteiger partial charge in [0.05, 0.1) is 0 Å². The molecule has 2 nitrogen and oxygen atoms in total. The fourth-order valence-electron chi connectivity index (χ4n) is 3.21. The molecule has 98 valence electrons. The van der Waals surface area contributed by atoms with Crippen molar-refractivity contribution in [1.82, 2.24) is 10.2 Å². The van der Waals surface area contributed by atoms with Crippen LogP contribution in [0.2, 0.25) is 0 Å². The van der Waals surface area contributed by atoms with Gasteiger partial charge in [-0.05, 0) is 44.4 Å². The summed E-state index contributed by atoms with van der Waals surface area (Å²) in [6.45, 7) is 3.93. The molecular weight excluding hydrogens is 208 g/mol. The highest BCUT2D eigenvalue weighted by atomic mass is 15.2. The highest BCUT2D eigenvalue weighted by molar-refractivity contribution is 4.88. The fraction of sp³-hybridized carbons (Fsp3) is 1.00. The average molecular weight is 236 g/mol. The molecule has 1 N–H and O–H groups in total. The molecule has 0 bridgehead atoms. The highest BCUT2D eigenvalue weighted by Crippen LogP contribution is 2.34. The molecule has 0 aliphatic heterocycles. The molecule has 0 amide bonds. The largest absolute Gasteiger partial charge is 0.313 e. The van der Waals surface area contributed by atoms with Gasteiger partial charge in [0.2, 0.25) is 0 Å². The SMILES string of the molecule is C1CCC(NCCN(CC2CC2)C2CC2)CC1. The van der Waals surface area contributed by atoms with Crippen molar-refractivity contribution < 1.29 is 0 Å². The van der Waals surface area contributed by atoms with E-state index >= 15 is 0 Å². The van der Waals surface area contributed by atoms with Crippen LogP contribution < -0.4 is 5.32 Å². The molecule has 0 unspecified atom stereocenters. The lowest BCUT2D eigenvalue weighted by atomic mass is 9.95. The predicted octanol–water partition coefficient (Wildman–Crippen LogP) is 2.78. The molecule has 0 spiro atoms. The minimum Gasteiger partial charge on any atom is -0.313 e. The van der Waals surface area contributed by atoms with Gasteiger partial charge in [-0.1, -0.05) is 19.3 Å². The Morgan fingerprint density at radius 2 is 1.65 bits per heavy atom. The predicted molar refractivity (Wildman–Crippen MR) is 72.2 cm³/mol. The molecule has 0 radical (unpaired) electrons. The lowest BCUT2D eigenvalue weighted by Crippen LogP contribution is -2.39. The van der Waals surface area contributed by atoms with Crippen LogP contribution in [0.15, 0.2) is 0 Å². The minimum absolute atomic E-state index is 0.839. The summed E-state index contributed by atoms with van der Waals surface area (Å²) in [5.74, 6) is 1.06. The number of hydrogen-bond donors (Lipinski definition) is 1. The van der Waals surface area contributed by atoms with Crippen LogP contribution in [0.1, 0.15) is 57.8 Å². The zero-order valence-electron chi connectivity index (χ0n) is 11.2. The second kappa shape index (κ2) is 5.71. The third-order valence-corrected chi connectivity index (χ3v) is 4.69. The van der Waals surface area contributed by atoms with E-state index in [-0.39, 0.29) is 0 Å². The highest BCUT2D eigenvalue weighted by Gasteiger charge is 2.33. The summed E-state index contributed by atoms with van der Waals surface area (Å²) in [6, 6.07) is 1.80. The van der Waals surface area contributed by atoms with Crippen molar-refractivity contribution in [2.75, 3.05) is 19.6 Å². The van der Waals surface area contributed by atoms with E-state index in [1.54, 1.807) is 0 Å². The van der Waals surface area contributed by atoms with Crippen molar-refractivity contribution in [3.63, 3.8) is 0 Å². The van der Waals surface area contributed by atoms with Crippen LogP contribution >= 0.6 is 0 Å². The normalized spacial score (nSPS) is 26.6. The molecule has 3 aliphatic rings. The van der Waals surface area contributed by atoms with Gasteiger partial charge in [-0.2, -0.15) is 0 Å². The zero-order valence-corrected chi connectivity index (χ0v) is 11.2. The maximum absolute atomic E-state index is 3.79. The molecule has 3 rings (SSSR count). The van der Waals surface area contributed by atoms with Gasteiger partial charge >= 0.3 is 0 Å². The van der Waals surface area contributed by atoms with E-state index in [1.807, 2.05) is 0 Å². The Balaban J connectivity index is 1.33. The summed E-state index contributed by atoms with van der Waals surface area (Å²) < 4.78 is 0. The zero-order chi connectivity index (χ0) is 11.5. The van der Waals surface area contributed by atoms with Gasteiger partial charge in [0.15, 0.2) is 0 Å². The van der Waals surface area contributed by atoms with Crippen LogP contribution in [-0.4, -0.2) is 36.6 Å². The van der Waals surface area contributed by atoms with E-state index in [0.717, 1.165) is 18.0 Å². The molecule has 17 heavy (non-hydrogen) atoms. The molecular formula is C15H28N2. The van der Waals surface area contributed by atoms with Gasteiger partial charge in [-0.25, -0.2) is 0 Å². The quantitative estimate of drug-likeness (QED) is 0.731. The van der Waals surface area contributed by atoms with Gasteiger partial charge < -0.3 is 5.32 Å². The molecule has 3 aliphatic carbocycles. The smallest absolute Gasteiger partial charge is 0.0110 e. The van der Waals surface area contributed by atoms with Crippen LogP contribution in [0.25, 0.3) is 0 Å². The van der Waals surface area contributed by atoms with Crippen molar-refractivity contribution in [3.8, 4) is 0 Å². The van der Waals surface area contributed by atoms with Gasteiger partial charge in [0, 0.05) is 31.7 Å². The number of hydrogen-bond acceptors (Lipinski definition) is 2. The number of nitrogens with one attached hydrogen (secondary N) is 1. The van der Waals surface area contributed by atoms with E-state index in [4.69, 9.17) is 0 Å². The first kappa shape index (κ1) is 12.0. The second-order valence-corrected chi connectivity index (χ2v) is 6.46. The third kappa shape index (κ3) is 3.96. The summed E-state index contributed by atoms with van der Waals surface area (Å²) >= 11 is 0. The molecule has 0 aromatic heterocycles. The lowest BCUT2D eigenvalue weighted by Gasteiger charge is -2.26. The van der Waals surface area contributed by atoms with Crippen molar-refractivity contribution in [2.45, 2.75) is 69.9 Å². The lowest BCUT2D eigenvalue weighted by molar-refractivity contribution is 0.243. The Kier molecular flexibility index (Phi) is 4.02. The van der Waals surface area contributed by atoms with Crippen LogP contribution in [0.5, 0.6) is 0 Å². The van der Waals surface area contributed by atoms with Crippen molar-refractivity contribution in [2.24, 2.45) is 5.92 Å². The summed E-state index contributed by atoms with van der Waals surface area (Å²) in [5.41, 5.74) is 0. The van der Waals surface area contributed by atoms with Gasteiger partial charge in [-0.15, -0.1) is 0 Å². The maximum atomic E-state index is 3.79. The summed E-state index contributed by atoms with van der Waals surface area (Å²) in [4.78, 5) is 2.77. The van der Waals surface area contributed by atoms with Gasteiger partial charge in [0.25, 0.3) is 0 Å². The Hall–Kier alpha value is -0.0800. The molecule has 0 aromatic rings. The Bertz CT molecular complexity index is 227. The molecule has 3 saturated carbocycles. The first-order chi connectivity index (χ1) is 8.42. The molecule has 2 heteroatoms. The summed E-state index contributed by atoms with van der Waals surface area (Å²) in [7, 11) is 0. The molecule has 0 atom stereocenters. The summed E-state index contributed by atoms with van der Waals surface area (Å²) in [6.07, 6.45) is 13.1. The second-order valence-electron chi connectivity index (χ2n) is 6.46. The number of nitrogens with zero attached hydrogens (tertiary/aromatic N) is 1. The van der Waals surface area contributed by atoms with E-state index in [9.17, 15) is 0 Å². The standard InChI is InChI=1S/C15H28N2/c1-2-4-14(5-3-1)16-10-11-17(15-8-9-15)12-13-6-7-13/h13-16H,1-12H2. The topological polar surface area (TPSA) is 15.3 Å². The van der Waals surface area contributed by atoms with Gasteiger partial charge in [0.1, 0.15) is 0 Å².